The highest BCUT2D eigenvalue weighted by molar-refractivity contribution is 5.67. The molecule has 0 radical (unpaired) electrons. The molecule has 5 rings (SSSR count). The minimum Gasteiger partial charge on any atom is -0.459 e. The molecule has 0 heterocycles. The van der Waals surface area contributed by atoms with E-state index in [9.17, 15) is 14.7 Å². The van der Waals surface area contributed by atoms with Crippen LogP contribution in [0.25, 0.3) is 0 Å². The van der Waals surface area contributed by atoms with E-state index in [0.29, 0.717) is 23.7 Å². The molecule has 11 unspecified atom stereocenters. The third kappa shape index (κ3) is 3.93. The summed E-state index contributed by atoms with van der Waals surface area (Å²) in [5.74, 6) is 1.32. The Labute approximate surface area is 237 Å². The van der Waals surface area contributed by atoms with Crippen LogP contribution in [0, 0.1) is 56.2 Å². The molecular weight excluding hydrogens is 488 g/mol. The maximum Gasteiger partial charge on any atom is 0.303 e. The van der Waals surface area contributed by atoms with Crippen LogP contribution in [0.15, 0.2) is 0 Å². The third-order valence-electron chi connectivity index (χ3n) is 14.5. The van der Waals surface area contributed by atoms with Gasteiger partial charge in [-0.2, -0.15) is 0 Å². The first kappa shape index (κ1) is 29.4. The molecule has 1 N–H and O–H groups in total. The lowest BCUT2D eigenvalue weighted by Crippen LogP contribution is -2.70. The van der Waals surface area contributed by atoms with Crippen molar-refractivity contribution in [2.45, 2.75) is 145 Å². The van der Waals surface area contributed by atoms with Crippen molar-refractivity contribution in [2.75, 3.05) is 0 Å². The number of rotatable bonds is 2. The number of fused-ring (bicyclic) bond motifs is 7. The summed E-state index contributed by atoms with van der Waals surface area (Å²) in [7, 11) is 0. The van der Waals surface area contributed by atoms with Crippen molar-refractivity contribution in [3.8, 4) is 0 Å². The number of aliphatic hydroxyl groups is 1. The summed E-state index contributed by atoms with van der Waals surface area (Å²) in [5.41, 5.74) is 0.276. The molecule has 5 aliphatic carbocycles. The fraction of sp³-hybridized carbons (Fsp3) is 0.941. The molecule has 39 heavy (non-hydrogen) atoms. The van der Waals surface area contributed by atoms with Gasteiger partial charge in [-0.3, -0.25) is 9.59 Å². The predicted molar refractivity (Wildman–Crippen MR) is 153 cm³/mol. The number of aliphatic hydroxyl groups excluding tert-OH is 1. The molecule has 5 heteroatoms. The predicted octanol–water partition coefficient (Wildman–Crippen LogP) is 7.33. The lowest BCUT2D eigenvalue weighted by atomic mass is 9.30. The Morgan fingerprint density at radius 2 is 1.21 bits per heavy atom. The smallest absolute Gasteiger partial charge is 0.303 e. The van der Waals surface area contributed by atoms with Gasteiger partial charge < -0.3 is 14.6 Å². The van der Waals surface area contributed by atoms with Gasteiger partial charge >= 0.3 is 11.9 Å². The number of esters is 2. The second-order valence-electron chi connectivity index (χ2n) is 16.9. The molecule has 5 aliphatic rings. The van der Waals surface area contributed by atoms with Crippen molar-refractivity contribution >= 4 is 11.9 Å². The first-order chi connectivity index (χ1) is 17.8. The maximum absolute atomic E-state index is 12.3. The van der Waals surface area contributed by atoms with Gasteiger partial charge in [0, 0.05) is 19.3 Å². The van der Waals surface area contributed by atoms with Crippen LogP contribution in [-0.4, -0.2) is 35.4 Å². The molecule has 5 saturated carbocycles. The van der Waals surface area contributed by atoms with Crippen molar-refractivity contribution < 1.29 is 24.2 Å². The van der Waals surface area contributed by atoms with Gasteiger partial charge in [0.25, 0.3) is 0 Å². The minimum absolute atomic E-state index is 0.00243. The topological polar surface area (TPSA) is 72.8 Å². The summed E-state index contributed by atoms with van der Waals surface area (Å²) >= 11 is 0. The first-order valence-corrected chi connectivity index (χ1v) is 15.9. The zero-order chi connectivity index (χ0) is 29.0. The van der Waals surface area contributed by atoms with Crippen LogP contribution < -0.4 is 0 Å². The van der Waals surface area contributed by atoms with Crippen LogP contribution in [0.2, 0.25) is 0 Å². The van der Waals surface area contributed by atoms with Gasteiger partial charge in [0.15, 0.2) is 0 Å². The Kier molecular flexibility index (Phi) is 6.74. The average molecular weight is 545 g/mol. The second-order valence-corrected chi connectivity index (χ2v) is 16.9. The summed E-state index contributed by atoms with van der Waals surface area (Å²) in [6.45, 7) is 22.2. The Bertz CT molecular complexity index is 1020. The van der Waals surface area contributed by atoms with Crippen LogP contribution in [0.5, 0.6) is 0 Å². The van der Waals surface area contributed by atoms with Crippen LogP contribution in [0.3, 0.4) is 0 Å². The van der Waals surface area contributed by atoms with E-state index < -0.39 is 12.2 Å². The zero-order valence-corrected chi connectivity index (χ0v) is 26.5. The van der Waals surface area contributed by atoms with Crippen molar-refractivity contribution in [3.63, 3.8) is 0 Å². The van der Waals surface area contributed by atoms with Crippen molar-refractivity contribution in [3.05, 3.63) is 0 Å². The summed E-state index contributed by atoms with van der Waals surface area (Å²) < 4.78 is 11.9. The molecule has 0 amide bonds. The van der Waals surface area contributed by atoms with Crippen LogP contribution >= 0.6 is 0 Å². The number of carbonyl (C=O) groups excluding carboxylic acids is 2. The van der Waals surface area contributed by atoms with E-state index in [1.54, 1.807) is 0 Å². The Hall–Kier alpha value is -1.10. The average Bonchev–Trinajstić information content (AvgIpc) is 2.79. The Morgan fingerprint density at radius 3 is 1.77 bits per heavy atom. The second kappa shape index (κ2) is 8.95. The highest BCUT2D eigenvalue weighted by Crippen LogP contribution is 2.77. The van der Waals surface area contributed by atoms with E-state index >= 15 is 0 Å². The Balaban J connectivity index is 1.53. The SMILES string of the molecule is CC(=O)OC1CC2(C)C(CCC3(C)C2CCC2C4(C)CCC(C)(C)C(O)C4CCC23C)C(C)(C)C1OC(C)=O. The van der Waals surface area contributed by atoms with Crippen molar-refractivity contribution in [2.24, 2.45) is 56.2 Å². The number of carbonyl (C=O) groups is 2. The molecule has 0 bridgehead atoms. The molecule has 0 saturated heterocycles. The summed E-state index contributed by atoms with van der Waals surface area (Å²) in [4.78, 5) is 24.4. The third-order valence-corrected chi connectivity index (χ3v) is 14.5. The van der Waals surface area contributed by atoms with Crippen molar-refractivity contribution in [1.82, 2.24) is 0 Å². The molecule has 5 nitrogen and oxygen atoms in total. The lowest BCUT2D eigenvalue weighted by molar-refractivity contribution is -0.281. The fourth-order valence-electron chi connectivity index (χ4n) is 12.5. The molecule has 0 spiro atoms. The van der Waals surface area contributed by atoms with E-state index in [2.05, 4.69) is 55.4 Å². The molecular formula is C34H56O5. The lowest BCUT2D eigenvalue weighted by Gasteiger charge is -2.74. The molecule has 11 atom stereocenters. The quantitative estimate of drug-likeness (QED) is 0.368. The molecule has 0 aromatic heterocycles. The fourth-order valence-corrected chi connectivity index (χ4v) is 12.5. The summed E-state index contributed by atoms with van der Waals surface area (Å²) in [6, 6.07) is 0. The van der Waals surface area contributed by atoms with Gasteiger partial charge in [0.2, 0.25) is 0 Å². The standard InChI is InChI=1S/C34H56O5/c1-20(35)38-23-19-32(8)24(30(5,6)28(23)39-21(2)36)14-16-34(10)26(32)12-11-25-31(7)18-17-29(3,4)27(37)22(31)13-15-33(25,34)9/h22-28,37H,11-19H2,1-10H3. The first-order valence-electron chi connectivity index (χ1n) is 15.9. The van der Waals surface area contributed by atoms with Crippen molar-refractivity contribution in [1.29, 1.82) is 0 Å². The molecule has 222 valence electrons. The normalized spacial score (nSPS) is 51.8. The van der Waals surface area contributed by atoms with E-state index in [-0.39, 0.29) is 50.5 Å². The monoisotopic (exact) mass is 544 g/mol. The van der Waals surface area contributed by atoms with Crippen LogP contribution in [-0.2, 0) is 19.1 Å². The van der Waals surface area contributed by atoms with Gasteiger partial charge in [-0.25, -0.2) is 0 Å². The van der Waals surface area contributed by atoms with E-state index in [1.807, 2.05) is 0 Å². The molecule has 0 aliphatic heterocycles. The summed E-state index contributed by atoms with van der Waals surface area (Å²) in [6.07, 6.45) is 9.02. The maximum atomic E-state index is 12.3. The Morgan fingerprint density at radius 1 is 0.667 bits per heavy atom. The minimum atomic E-state index is -0.422. The number of hydrogen-bond acceptors (Lipinski definition) is 5. The zero-order valence-electron chi connectivity index (χ0n) is 26.5. The van der Waals surface area contributed by atoms with E-state index in [1.165, 1.54) is 46.0 Å². The largest absolute Gasteiger partial charge is 0.459 e. The van der Waals surface area contributed by atoms with Gasteiger partial charge in [-0.05, 0) is 109 Å². The van der Waals surface area contributed by atoms with Gasteiger partial charge in [-0.1, -0.05) is 55.4 Å². The molecule has 0 aromatic carbocycles. The number of hydrogen-bond donors (Lipinski definition) is 1. The van der Waals surface area contributed by atoms with Crippen LogP contribution in [0.4, 0.5) is 0 Å². The van der Waals surface area contributed by atoms with Gasteiger partial charge in [0.1, 0.15) is 12.2 Å². The van der Waals surface area contributed by atoms with Gasteiger partial charge in [-0.15, -0.1) is 0 Å². The highest BCUT2D eigenvalue weighted by Gasteiger charge is 2.72. The highest BCUT2D eigenvalue weighted by atomic mass is 16.6. The molecule has 0 aromatic rings. The van der Waals surface area contributed by atoms with Crippen LogP contribution in [0.1, 0.15) is 127 Å². The summed E-state index contributed by atoms with van der Waals surface area (Å²) in [5, 5.41) is 11.5. The van der Waals surface area contributed by atoms with E-state index in [4.69, 9.17) is 9.47 Å². The van der Waals surface area contributed by atoms with Gasteiger partial charge in [0.05, 0.1) is 6.10 Å². The van der Waals surface area contributed by atoms with E-state index in [0.717, 1.165) is 25.7 Å². The molecule has 5 fully saturated rings. The number of ether oxygens (including phenoxy) is 2.